The predicted molar refractivity (Wildman–Crippen MR) is 63.6 cm³/mol. The first kappa shape index (κ1) is 12.0. The Morgan fingerprint density at radius 1 is 1.59 bits per heavy atom. The highest BCUT2D eigenvalue weighted by atomic mass is 19.1. The van der Waals surface area contributed by atoms with E-state index >= 15 is 0 Å². The SMILES string of the molecule is CNc1ncc(F)c(N2CCCC(C)(O)C2)n1. The first-order chi connectivity index (χ1) is 8.02. The fraction of sp³-hybridized carbons (Fsp3) is 0.636. The second-order valence-electron chi connectivity index (χ2n) is 4.64. The second-order valence-corrected chi connectivity index (χ2v) is 4.64. The van der Waals surface area contributed by atoms with E-state index in [0.717, 1.165) is 19.0 Å². The van der Waals surface area contributed by atoms with Gasteiger partial charge in [-0.1, -0.05) is 0 Å². The molecule has 1 unspecified atom stereocenters. The molecule has 2 heterocycles. The minimum absolute atomic E-state index is 0.254. The zero-order valence-corrected chi connectivity index (χ0v) is 10.1. The van der Waals surface area contributed by atoms with Gasteiger partial charge in [0, 0.05) is 20.1 Å². The third kappa shape index (κ3) is 2.63. The van der Waals surface area contributed by atoms with Crippen LogP contribution in [-0.4, -0.2) is 40.8 Å². The third-order valence-corrected chi connectivity index (χ3v) is 2.92. The number of aliphatic hydroxyl groups is 1. The van der Waals surface area contributed by atoms with Crippen molar-refractivity contribution in [1.82, 2.24) is 9.97 Å². The maximum Gasteiger partial charge on any atom is 0.224 e. The Hall–Kier alpha value is -1.43. The average molecular weight is 240 g/mol. The van der Waals surface area contributed by atoms with E-state index in [9.17, 15) is 9.50 Å². The molecule has 0 radical (unpaired) electrons. The van der Waals surface area contributed by atoms with E-state index in [1.165, 1.54) is 0 Å². The van der Waals surface area contributed by atoms with Crippen molar-refractivity contribution >= 4 is 11.8 Å². The molecule has 0 saturated carbocycles. The Morgan fingerprint density at radius 3 is 3.00 bits per heavy atom. The van der Waals surface area contributed by atoms with Gasteiger partial charge in [0.1, 0.15) is 0 Å². The molecule has 1 aromatic heterocycles. The van der Waals surface area contributed by atoms with Crippen LogP contribution in [0.2, 0.25) is 0 Å². The van der Waals surface area contributed by atoms with E-state index in [-0.39, 0.29) is 5.82 Å². The van der Waals surface area contributed by atoms with E-state index in [1.54, 1.807) is 18.9 Å². The van der Waals surface area contributed by atoms with Crippen molar-refractivity contribution in [3.05, 3.63) is 12.0 Å². The molecular weight excluding hydrogens is 223 g/mol. The van der Waals surface area contributed by atoms with Crippen LogP contribution in [0.3, 0.4) is 0 Å². The minimum atomic E-state index is -0.782. The summed E-state index contributed by atoms with van der Waals surface area (Å²) >= 11 is 0. The lowest BCUT2D eigenvalue weighted by Gasteiger charge is -2.37. The van der Waals surface area contributed by atoms with E-state index in [2.05, 4.69) is 15.3 Å². The molecule has 2 rings (SSSR count). The molecule has 1 aliphatic heterocycles. The Bertz CT molecular complexity index is 410. The number of hydrogen-bond donors (Lipinski definition) is 2. The van der Waals surface area contributed by atoms with Gasteiger partial charge in [-0.2, -0.15) is 4.98 Å². The van der Waals surface area contributed by atoms with Gasteiger partial charge in [-0.3, -0.25) is 0 Å². The van der Waals surface area contributed by atoms with Crippen LogP contribution in [0.15, 0.2) is 6.20 Å². The molecular formula is C11H17FN4O. The third-order valence-electron chi connectivity index (χ3n) is 2.92. The van der Waals surface area contributed by atoms with Gasteiger partial charge in [0.25, 0.3) is 0 Å². The van der Waals surface area contributed by atoms with Gasteiger partial charge < -0.3 is 15.3 Å². The van der Waals surface area contributed by atoms with Gasteiger partial charge >= 0.3 is 0 Å². The molecule has 1 saturated heterocycles. The lowest BCUT2D eigenvalue weighted by Crippen LogP contribution is -2.46. The summed E-state index contributed by atoms with van der Waals surface area (Å²) in [6.07, 6.45) is 2.71. The Kier molecular flexibility index (Phi) is 3.15. The molecule has 17 heavy (non-hydrogen) atoms. The van der Waals surface area contributed by atoms with Crippen molar-refractivity contribution in [3.8, 4) is 0 Å². The van der Waals surface area contributed by atoms with Crippen molar-refractivity contribution in [3.63, 3.8) is 0 Å². The molecule has 6 heteroatoms. The molecule has 0 amide bonds. The van der Waals surface area contributed by atoms with Gasteiger partial charge in [0.15, 0.2) is 11.6 Å². The summed E-state index contributed by atoms with van der Waals surface area (Å²) in [6, 6.07) is 0. The highest BCUT2D eigenvalue weighted by Crippen LogP contribution is 2.26. The number of piperidine rings is 1. The molecule has 1 atom stereocenters. The molecule has 0 bridgehead atoms. The van der Waals surface area contributed by atoms with Crippen molar-refractivity contribution < 1.29 is 9.50 Å². The van der Waals surface area contributed by atoms with Gasteiger partial charge in [0.2, 0.25) is 5.95 Å². The van der Waals surface area contributed by atoms with Crippen molar-refractivity contribution in [1.29, 1.82) is 0 Å². The van der Waals surface area contributed by atoms with Crippen LogP contribution in [0.1, 0.15) is 19.8 Å². The van der Waals surface area contributed by atoms with Gasteiger partial charge in [-0.25, -0.2) is 9.37 Å². The number of nitrogens with zero attached hydrogens (tertiary/aromatic N) is 3. The fourth-order valence-electron chi connectivity index (χ4n) is 2.10. The lowest BCUT2D eigenvalue weighted by molar-refractivity contribution is 0.0445. The first-order valence-electron chi connectivity index (χ1n) is 5.69. The number of β-amino-alcohol motifs (C(OH)–C–C–N with tert-alkyl or cyclic N) is 1. The zero-order valence-electron chi connectivity index (χ0n) is 10.1. The molecule has 1 fully saturated rings. The Morgan fingerprint density at radius 2 is 2.35 bits per heavy atom. The molecule has 1 aliphatic rings. The van der Waals surface area contributed by atoms with Crippen molar-refractivity contribution in [2.75, 3.05) is 30.4 Å². The summed E-state index contributed by atoms with van der Waals surface area (Å²) in [6.45, 7) is 2.86. The van der Waals surface area contributed by atoms with Gasteiger partial charge in [-0.05, 0) is 19.8 Å². The summed E-state index contributed by atoms with van der Waals surface area (Å²) < 4.78 is 13.7. The first-order valence-corrected chi connectivity index (χ1v) is 5.69. The van der Waals surface area contributed by atoms with E-state index in [1.807, 2.05) is 0 Å². The maximum atomic E-state index is 13.7. The van der Waals surface area contributed by atoms with E-state index < -0.39 is 11.4 Å². The van der Waals surface area contributed by atoms with Crippen LogP contribution in [0, 0.1) is 5.82 Å². The smallest absolute Gasteiger partial charge is 0.224 e. The molecule has 2 N–H and O–H groups in total. The summed E-state index contributed by atoms with van der Waals surface area (Å²) in [7, 11) is 1.68. The second kappa shape index (κ2) is 4.44. The summed E-state index contributed by atoms with van der Waals surface area (Å²) in [5.74, 6) is 0.178. The number of aromatic nitrogens is 2. The fourth-order valence-corrected chi connectivity index (χ4v) is 2.10. The standard InChI is InChI=1S/C11H17FN4O/c1-11(17)4-3-5-16(7-11)9-8(12)6-14-10(13-2)15-9/h6,17H,3-5,7H2,1-2H3,(H,13,14,15). The van der Waals surface area contributed by atoms with Crippen LogP contribution in [-0.2, 0) is 0 Å². The summed E-state index contributed by atoms with van der Waals surface area (Å²) in [4.78, 5) is 9.67. The molecule has 5 nitrogen and oxygen atoms in total. The number of halogens is 1. The number of anilines is 2. The number of rotatable bonds is 2. The van der Waals surface area contributed by atoms with Crippen molar-refractivity contribution in [2.24, 2.45) is 0 Å². The maximum absolute atomic E-state index is 13.7. The van der Waals surface area contributed by atoms with E-state index in [4.69, 9.17) is 0 Å². The normalized spacial score (nSPS) is 24.8. The quantitative estimate of drug-likeness (QED) is 0.808. The Balaban J connectivity index is 2.26. The highest BCUT2D eigenvalue weighted by molar-refractivity contribution is 5.44. The lowest BCUT2D eigenvalue weighted by atomic mass is 9.95. The summed E-state index contributed by atoms with van der Waals surface area (Å²) in [5.41, 5.74) is -0.782. The minimum Gasteiger partial charge on any atom is -0.388 e. The average Bonchev–Trinajstić information content (AvgIpc) is 2.28. The Labute approximate surface area is 99.7 Å². The molecule has 0 spiro atoms. The van der Waals surface area contributed by atoms with Crippen LogP contribution in [0.25, 0.3) is 0 Å². The molecule has 0 aromatic carbocycles. The monoisotopic (exact) mass is 240 g/mol. The summed E-state index contributed by atoms with van der Waals surface area (Å²) in [5, 5.41) is 12.8. The molecule has 94 valence electrons. The number of nitrogens with one attached hydrogen (secondary N) is 1. The largest absolute Gasteiger partial charge is 0.388 e. The molecule has 1 aromatic rings. The van der Waals surface area contributed by atoms with Crippen LogP contribution < -0.4 is 10.2 Å². The zero-order chi connectivity index (χ0) is 12.5. The number of hydrogen-bond acceptors (Lipinski definition) is 5. The van der Waals surface area contributed by atoms with E-state index in [0.29, 0.717) is 19.0 Å². The van der Waals surface area contributed by atoms with Crippen LogP contribution in [0.4, 0.5) is 16.2 Å². The highest BCUT2D eigenvalue weighted by Gasteiger charge is 2.30. The van der Waals surface area contributed by atoms with Crippen LogP contribution in [0.5, 0.6) is 0 Å². The van der Waals surface area contributed by atoms with Gasteiger partial charge in [-0.15, -0.1) is 0 Å². The van der Waals surface area contributed by atoms with Crippen molar-refractivity contribution in [2.45, 2.75) is 25.4 Å². The molecule has 0 aliphatic carbocycles. The predicted octanol–water partition coefficient (Wildman–Crippen LogP) is 1.01. The van der Waals surface area contributed by atoms with Crippen LogP contribution >= 0.6 is 0 Å². The van der Waals surface area contributed by atoms with Gasteiger partial charge in [0.05, 0.1) is 11.8 Å². The topological polar surface area (TPSA) is 61.3 Å².